The lowest BCUT2D eigenvalue weighted by Crippen LogP contribution is -2.14. The molecule has 2 heterocycles. The second-order valence-electron chi connectivity index (χ2n) is 5.45. The maximum absolute atomic E-state index is 12.2. The number of amides is 1. The molecule has 3 aromatic rings. The Hall–Kier alpha value is -3.15. The summed E-state index contributed by atoms with van der Waals surface area (Å²) in [6.07, 6.45) is 3.93. The van der Waals surface area contributed by atoms with E-state index in [1.54, 1.807) is 24.3 Å². The number of nitrogens with zero attached hydrogens (tertiary/aromatic N) is 2. The van der Waals surface area contributed by atoms with E-state index in [1.807, 2.05) is 35.9 Å². The number of esters is 1. The van der Waals surface area contributed by atoms with Crippen LogP contribution < -0.4 is 5.32 Å². The first-order valence-electron chi connectivity index (χ1n) is 7.48. The monoisotopic (exact) mass is 323 g/mol. The van der Waals surface area contributed by atoms with E-state index < -0.39 is 5.97 Å². The van der Waals surface area contributed by atoms with Gasteiger partial charge in [-0.15, -0.1) is 0 Å². The molecule has 24 heavy (non-hydrogen) atoms. The molecule has 0 aliphatic carbocycles. The van der Waals surface area contributed by atoms with Gasteiger partial charge in [-0.25, -0.2) is 9.78 Å². The van der Waals surface area contributed by atoms with Gasteiger partial charge in [0.05, 0.1) is 24.8 Å². The molecular weight excluding hydrogens is 306 g/mol. The zero-order valence-corrected chi connectivity index (χ0v) is 13.4. The van der Waals surface area contributed by atoms with Crippen molar-refractivity contribution in [2.75, 3.05) is 12.4 Å². The number of methoxy groups -OCH3 is 1. The van der Waals surface area contributed by atoms with Crippen LogP contribution in [-0.2, 0) is 16.0 Å². The van der Waals surface area contributed by atoms with Crippen molar-refractivity contribution in [2.45, 2.75) is 13.3 Å². The van der Waals surface area contributed by atoms with Crippen LogP contribution in [0.15, 0.2) is 48.8 Å². The Labute approximate surface area is 139 Å². The largest absolute Gasteiger partial charge is 0.465 e. The highest BCUT2D eigenvalue weighted by molar-refractivity contribution is 5.93. The number of imidazole rings is 1. The quantitative estimate of drug-likeness (QED) is 0.749. The van der Waals surface area contributed by atoms with E-state index in [4.69, 9.17) is 0 Å². The summed E-state index contributed by atoms with van der Waals surface area (Å²) in [5, 5.41) is 2.79. The molecule has 2 aromatic heterocycles. The van der Waals surface area contributed by atoms with Crippen LogP contribution in [0.3, 0.4) is 0 Å². The Morgan fingerprint density at radius 3 is 2.62 bits per heavy atom. The number of pyridine rings is 1. The van der Waals surface area contributed by atoms with Gasteiger partial charge in [-0.2, -0.15) is 0 Å². The standard InChI is InChI=1S/C18H17N3O3/c1-12-4-3-9-21-11-15(20-17(12)21)10-16(22)19-14-7-5-13(6-8-14)18(23)24-2/h3-9,11H,10H2,1-2H3,(H,19,22). The van der Waals surface area contributed by atoms with E-state index in [9.17, 15) is 9.59 Å². The van der Waals surface area contributed by atoms with Crippen LogP contribution in [-0.4, -0.2) is 28.4 Å². The molecule has 0 radical (unpaired) electrons. The molecule has 0 spiro atoms. The van der Waals surface area contributed by atoms with Gasteiger partial charge in [-0.05, 0) is 42.8 Å². The second-order valence-corrected chi connectivity index (χ2v) is 5.45. The number of hydrogen-bond acceptors (Lipinski definition) is 4. The normalized spacial score (nSPS) is 10.6. The van der Waals surface area contributed by atoms with E-state index in [1.165, 1.54) is 7.11 Å². The Kier molecular flexibility index (Phi) is 4.29. The number of ether oxygens (including phenoxy) is 1. The summed E-state index contributed by atoms with van der Waals surface area (Å²) < 4.78 is 6.54. The number of hydrogen-bond donors (Lipinski definition) is 1. The van der Waals surface area contributed by atoms with Crippen LogP contribution in [0.2, 0.25) is 0 Å². The summed E-state index contributed by atoms with van der Waals surface area (Å²) in [5.41, 5.74) is 3.66. The van der Waals surface area contributed by atoms with Gasteiger partial charge in [0.25, 0.3) is 0 Å². The van der Waals surface area contributed by atoms with Gasteiger partial charge in [0.1, 0.15) is 5.65 Å². The first-order chi connectivity index (χ1) is 11.6. The number of nitrogens with one attached hydrogen (secondary N) is 1. The van der Waals surface area contributed by atoms with Gasteiger partial charge < -0.3 is 14.5 Å². The van der Waals surface area contributed by atoms with Crippen LogP contribution in [0.5, 0.6) is 0 Å². The molecule has 122 valence electrons. The fraction of sp³-hybridized carbons (Fsp3) is 0.167. The van der Waals surface area contributed by atoms with Crippen LogP contribution >= 0.6 is 0 Å². The molecule has 0 saturated carbocycles. The molecule has 0 aliphatic heterocycles. The third-order valence-corrected chi connectivity index (χ3v) is 3.66. The lowest BCUT2D eigenvalue weighted by Gasteiger charge is -2.05. The predicted octanol–water partition coefficient (Wildman–Crippen LogP) is 2.61. The minimum atomic E-state index is -0.409. The maximum atomic E-state index is 12.2. The van der Waals surface area contributed by atoms with Crippen molar-refractivity contribution in [3.05, 3.63) is 65.6 Å². The van der Waals surface area contributed by atoms with Gasteiger partial charge in [0.2, 0.25) is 5.91 Å². The molecule has 0 saturated heterocycles. The predicted molar refractivity (Wildman–Crippen MR) is 90.0 cm³/mol. The smallest absolute Gasteiger partial charge is 0.337 e. The van der Waals surface area contributed by atoms with Gasteiger partial charge in [-0.3, -0.25) is 4.79 Å². The zero-order valence-electron chi connectivity index (χ0n) is 13.4. The molecule has 6 heteroatoms. The van der Waals surface area contributed by atoms with Crippen LogP contribution in [0, 0.1) is 6.92 Å². The molecule has 6 nitrogen and oxygen atoms in total. The van der Waals surface area contributed by atoms with Gasteiger partial charge in [-0.1, -0.05) is 6.07 Å². The Morgan fingerprint density at radius 2 is 1.96 bits per heavy atom. The number of fused-ring (bicyclic) bond motifs is 1. The number of aromatic nitrogens is 2. The number of carbonyl (C=O) groups is 2. The molecule has 1 aromatic carbocycles. The van der Waals surface area contributed by atoms with Crippen molar-refractivity contribution in [3.8, 4) is 0 Å². The summed E-state index contributed by atoms with van der Waals surface area (Å²) in [5.74, 6) is -0.574. The molecule has 0 unspecified atom stereocenters. The van der Waals surface area contributed by atoms with Crippen molar-refractivity contribution < 1.29 is 14.3 Å². The lowest BCUT2D eigenvalue weighted by molar-refractivity contribution is -0.115. The average molecular weight is 323 g/mol. The highest BCUT2D eigenvalue weighted by atomic mass is 16.5. The summed E-state index contributed by atoms with van der Waals surface area (Å²) in [7, 11) is 1.33. The maximum Gasteiger partial charge on any atom is 0.337 e. The highest BCUT2D eigenvalue weighted by Gasteiger charge is 2.10. The van der Waals surface area contributed by atoms with Gasteiger partial charge in [0, 0.05) is 18.1 Å². The topological polar surface area (TPSA) is 72.7 Å². The number of carbonyl (C=O) groups excluding carboxylic acids is 2. The van der Waals surface area contributed by atoms with Crippen LogP contribution in [0.25, 0.3) is 5.65 Å². The molecule has 0 fully saturated rings. The van der Waals surface area contributed by atoms with Crippen molar-refractivity contribution in [1.82, 2.24) is 9.38 Å². The number of anilines is 1. The third kappa shape index (κ3) is 3.27. The minimum absolute atomic E-state index is 0.165. The second kappa shape index (κ2) is 6.54. The van der Waals surface area contributed by atoms with Crippen molar-refractivity contribution in [3.63, 3.8) is 0 Å². The summed E-state index contributed by atoms with van der Waals surface area (Å²) in [6.45, 7) is 1.98. The summed E-state index contributed by atoms with van der Waals surface area (Å²) >= 11 is 0. The average Bonchev–Trinajstić information content (AvgIpc) is 2.98. The fourth-order valence-corrected chi connectivity index (χ4v) is 2.47. The highest BCUT2D eigenvalue weighted by Crippen LogP contribution is 2.13. The fourth-order valence-electron chi connectivity index (χ4n) is 2.47. The first-order valence-corrected chi connectivity index (χ1v) is 7.48. The van der Waals surface area contributed by atoms with E-state index in [0.29, 0.717) is 16.9 Å². The molecule has 0 bridgehead atoms. The SMILES string of the molecule is COC(=O)c1ccc(NC(=O)Cc2cn3cccc(C)c3n2)cc1. The van der Waals surface area contributed by atoms with E-state index in [0.717, 1.165) is 11.2 Å². The molecule has 1 amide bonds. The molecular formula is C18H17N3O3. The van der Waals surface area contributed by atoms with Gasteiger partial charge >= 0.3 is 5.97 Å². The molecule has 0 atom stereocenters. The number of benzene rings is 1. The van der Waals surface area contributed by atoms with Crippen LogP contribution in [0.1, 0.15) is 21.6 Å². The summed E-state index contributed by atoms with van der Waals surface area (Å²) in [4.78, 5) is 28.0. The molecule has 1 N–H and O–H groups in total. The molecule has 0 aliphatic rings. The number of aryl methyl sites for hydroxylation is 1. The zero-order chi connectivity index (χ0) is 17.1. The van der Waals surface area contributed by atoms with Crippen molar-refractivity contribution in [1.29, 1.82) is 0 Å². The Bertz CT molecular complexity index is 898. The van der Waals surface area contributed by atoms with E-state index in [2.05, 4.69) is 15.0 Å². The Morgan fingerprint density at radius 1 is 1.21 bits per heavy atom. The van der Waals surface area contributed by atoms with E-state index in [-0.39, 0.29) is 12.3 Å². The van der Waals surface area contributed by atoms with Gasteiger partial charge in [0.15, 0.2) is 0 Å². The van der Waals surface area contributed by atoms with Crippen LogP contribution in [0.4, 0.5) is 5.69 Å². The third-order valence-electron chi connectivity index (χ3n) is 3.66. The van der Waals surface area contributed by atoms with Crippen molar-refractivity contribution in [2.24, 2.45) is 0 Å². The first kappa shape index (κ1) is 15.7. The minimum Gasteiger partial charge on any atom is -0.465 e. The molecule has 3 rings (SSSR count). The lowest BCUT2D eigenvalue weighted by atomic mass is 10.2. The van der Waals surface area contributed by atoms with Crippen molar-refractivity contribution >= 4 is 23.2 Å². The number of rotatable bonds is 4. The Balaban J connectivity index is 1.68. The summed E-state index contributed by atoms with van der Waals surface area (Å²) in [6, 6.07) is 10.5. The van der Waals surface area contributed by atoms with E-state index >= 15 is 0 Å².